The van der Waals surface area contributed by atoms with Crippen molar-refractivity contribution in [2.45, 2.75) is 32.8 Å². The third kappa shape index (κ3) is 4.39. The maximum absolute atomic E-state index is 11.4. The number of rotatable bonds is 7. The first-order chi connectivity index (χ1) is 9.16. The Kier molecular flexibility index (Phi) is 4.54. The van der Waals surface area contributed by atoms with Crippen molar-refractivity contribution in [2.75, 3.05) is 18.4 Å². The fourth-order valence-electron chi connectivity index (χ4n) is 1.61. The Bertz CT molecular complexity index is 432. The van der Waals surface area contributed by atoms with E-state index in [1.807, 2.05) is 13.8 Å². The van der Waals surface area contributed by atoms with E-state index in [4.69, 9.17) is 4.74 Å². The highest BCUT2D eigenvalue weighted by Gasteiger charge is 2.28. The number of anilines is 1. The van der Waals surface area contributed by atoms with Gasteiger partial charge in [-0.15, -0.1) is 0 Å². The summed E-state index contributed by atoms with van der Waals surface area (Å²) >= 11 is 0. The maximum atomic E-state index is 11.4. The standard InChI is InChI=1S/C13H20N4O2/c1-9(2)19-13-11(15-6-8-17-13)14-5-7-16-12(18)10-3-4-10/h6,8-10H,3-5,7H2,1-2H3,(H,14,15)(H,16,18). The van der Waals surface area contributed by atoms with Gasteiger partial charge in [0.15, 0.2) is 5.82 Å². The monoisotopic (exact) mass is 264 g/mol. The molecule has 0 saturated heterocycles. The lowest BCUT2D eigenvalue weighted by atomic mass is 10.4. The van der Waals surface area contributed by atoms with Crippen molar-refractivity contribution in [1.82, 2.24) is 15.3 Å². The number of nitrogens with one attached hydrogen (secondary N) is 2. The summed E-state index contributed by atoms with van der Waals surface area (Å²) in [5.74, 6) is 1.50. The summed E-state index contributed by atoms with van der Waals surface area (Å²) in [6.45, 7) is 5.06. The molecule has 1 aromatic rings. The lowest BCUT2D eigenvalue weighted by Crippen LogP contribution is -2.30. The lowest BCUT2D eigenvalue weighted by Gasteiger charge is -2.13. The first-order valence-electron chi connectivity index (χ1n) is 6.66. The van der Waals surface area contributed by atoms with Crippen LogP contribution in [-0.4, -0.2) is 35.1 Å². The molecule has 1 aromatic heterocycles. The zero-order chi connectivity index (χ0) is 13.7. The van der Waals surface area contributed by atoms with Crippen LogP contribution in [0.2, 0.25) is 0 Å². The normalized spacial score (nSPS) is 14.3. The number of hydrogen-bond acceptors (Lipinski definition) is 5. The summed E-state index contributed by atoms with van der Waals surface area (Å²) in [7, 11) is 0. The van der Waals surface area contributed by atoms with Crippen LogP contribution < -0.4 is 15.4 Å². The summed E-state index contributed by atoms with van der Waals surface area (Å²) in [6, 6.07) is 0. The van der Waals surface area contributed by atoms with Gasteiger partial charge < -0.3 is 15.4 Å². The van der Waals surface area contributed by atoms with Gasteiger partial charge in [0, 0.05) is 31.4 Å². The molecule has 1 saturated carbocycles. The van der Waals surface area contributed by atoms with Crippen LogP contribution in [-0.2, 0) is 4.79 Å². The highest BCUT2D eigenvalue weighted by atomic mass is 16.5. The molecule has 2 rings (SSSR count). The first kappa shape index (κ1) is 13.6. The van der Waals surface area contributed by atoms with Crippen molar-refractivity contribution in [2.24, 2.45) is 5.92 Å². The molecular formula is C13H20N4O2. The first-order valence-corrected chi connectivity index (χ1v) is 6.66. The molecule has 0 spiro atoms. The zero-order valence-corrected chi connectivity index (χ0v) is 11.3. The van der Waals surface area contributed by atoms with E-state index in [1.54, 1.807) is 12.4 Å². The van der Waals surface area contributed by atoms with Crippen LogP contribution in [0.4, 0.5) is 5.82 Å². The molecule has 0 radical (unpaired) electrons. The molecular weight excluding hydrogens is 244 g/mol. The van der Waals surface area contributed by atoms with E-state index in [0.29, 0.717) is 24.8 Å². The van der Waals surface area contributed by atoms with Gasteiger partial charge in [0.1, 0.15) is 0 Å². The lowest BCUT2D eigenvalue weighted by molar-refractivity contribution is -0.122. The van der Waals surface area contributed by atoms with Gasteiger partial charge in [-0.3, -0.25) is 4.79 Å². The fourth-order valence-corrected chi connectivity index (χ4v) is 1.61. The van der Waals surface area contributed by atoms with Crippen molar-refractivity contribution < 1.29 is 9.53 Å². The van der Waals surface area contributed by atoms with Crippen molar-refractivity contribution in [1.29, 1.82) is 0 Å². The molecule has 1 aliphatic carbocycles. The molecule has 1 amide bonds. The summed E-state index contributed by atoms with van der Waals surface area (Å²) < 4.78 is 5.55. The predicted octanol–water partition coefficient (Wildman–Crippen LogP) is 1.20. The Morgan fingerprint density at radius 3 is 2.79 bits per heavy atom. The van der Waals surface area contributed by atoms with Gasteiger partial charge in [-0.1, -0.05) is 0 Å². The smallest absolute Gasteiger partial charge is 0.257 e. The minimum atomic E-state index is 0.0480. The number of carbonyl (C=O) groups is 1. The van der Waals surface area contributed by atoms with Crippen LogP contribution >= 0.6 is 0 Å². The van der Waals surface area contributed by atoms with Gasteiger partial charge in [-0.2, -0.15) is 0 Å². The van der Waals surface area contributed by atoms with Gasteiger partial charge in [-0.05, 0) is 26.7 Å². The van der Waals surface area contributed by atoms with Crippen LogP contribution in [0.1, 0.15) is 26.7 Å². The van der Waals surface area contributed by atoms with Crippen molar-refractivity contribution in [3.63, 3.8) is 0 Å². The van der Waals surface area contributed by atoms with Gasteiger partial charge in [0.25, 0.3) is 5.88 Å². The van der Waals surface area contributed by atoms with E-state index in [2.05, 4.69) is 20.6 Å². The highest BCUT2D eigenvalue weighted by molar-refractivity contribution is 5.80. The average molecular weight is 264 g/mol. The van der Waals surface area contributed by atoms with E-state index < -0.39 is 0 Å². The number of aromatic nitrogens is 2. The molecule has 2 N–H and O–H groups in total. The molecule has 0 aliphatic heterocycles. The second-order valence-corrected chi connectivity index (χ2v) is 4.87. The molecule has 6 heteroatoms. The Labute approximate surface area is 113 Å². The quantitative estimate of drug-likeness (QED) is 0.724. The van der Waals surface area contributed by atoms with Gasteiger partial charge >= 0.3 is 0 Å². The van der Waals surface area contributed by atoms with Crippen LogP contribution in [0.15, 0.2) is 12.4 Å². The van der Waals surface area contributed by atoms with E-state index in [1.165, 1.54) is 0 Å². The topological polar surface area (TPSA) is 76.1 Å². The molecule has 0 aromatic carbocycles. The van der Waals surface area contributed by atoms with Crippen LogP contribution in [0.3, 0.4) is 0 Å². The summed E-state index contributed by atoms with van der Waals surface area (Å²) in [5.41, 5.74) is 0. The molecule has 0 atom stereocenters. The molecule has 1 fully saturated rings. The Morgan fingerprint density at radius 2 is 2.11 bits per heavy atom. The van der Waals surface area contributed by atoms with Gasteiger partial charge in [0.05, 0.1) is 6.10 Å². The molecule has 0 unspecified atom stereocenters. The molecule has 19 heavy (non-hydrogen) atoms. The van der Waals surface area contributed by atoms with Crippen LogP contribution in [0.25, 0.3) is 0 Å². The summed E-state index contributed by atoms with van der Waals surface area (Å²) in [6.07, 6.45) is 5.30. The van der Waals surface area contributed by atoms with E-state index in [0.717, 1.165) is 12.8 Å². The predicted molar refractivity (Wildman–Crippen MR) is 72.0 cm³/mol. The van der Waals surface area contributed by atoms with Gasteiger partial charge in [0.2, 0.25) is 5.91 Å². The third-order valence-corrected chi connectivity index (χ3v) is 2.68. The molecule has 1 heterocycles. The third-order valence-electron chi connectivity index (χ3n) is 2.68. The SMILES string of the molecule is CC(C)Oc1nccnc1NCCNC(=O)C1CC1. The Balaban J connectivity index is 1.76. The van der Waals surface area contributed by atoms with Crippen molar-refractivity contribution >= 4 is 11.7 Å². The number of ether oxygens (including phenoxy) is 1. The molecule has 104 valence electrons. The number of hydrogen-bond donors (Lipinski definition) is 2. The summed E-state index contributed by atoms with van der Waals surface area (Å²) in [5, 5.41) is 6.00. The second kappa shape index (κ2) is 6.36. The van der Waals surface area contributed by atoms with E-state index >= 15 is 0 Å². The zero-order valence-electron chi connectivity index (χ0n) is 11.3. The number of nitrogens with zero attached hydrogens (tertiary/aromatic N) is 2. The van der Waals surface area contributed by atoms with E-state index in [9.17, 15) is 4.79 Å². The minimum Gasteiger partial charge on any atom is -0.472 e. The van der Waals surface area contributed by atoms with E-state index in [-0.39, 0.29) is 17.9 Å². The van der Waals surface area contributed by atoms with Gasteiger partial charge in [-0.25, -0.2) is 9.97 Å². The second-order valence-electron chi connectivity index (χ2n) is 4.87. The summed E-state index contributed by atoms with van der Waals surface area (Å²) in [4.78, 5) is 19.8. The number of carbonyl (C=O) groups excluding carboxylic acids is 1. The number of amides is 1. The minimum absolute atomic E-state index is 0.0480. The van der Waals surface area contributed by atoms with Crippen LogP contribution in [0, 0.1) is 5.92 Å². The van der Waals surface area contributed by atoms with Crippen LogP contribution in [0.5, 0.6) is 5.88 Å². The Morgan fingerprint density at radius 1 is 1.37 bits per heavy atom. The maximum Gasteiger partial charge on any atom is 0.257 e. The molecule has 1 aliphatic rings. The highest BCUT2D eigenvalue weighted by Crippen LogP contribution is 2.28. The van der Waals surface area contributed by atoms with Crippen molar-refractivity contribution in [3.05, 3.63) is 12.4 Å². The van der Waals surface area contributed by atoms with Crippen molar-refractivity contribution in [3.8, 4) is 5.88 Å². The molecule has 6 nitrogen and oxygen atoms in total. The molecule has 0 bridgehead atoms. The fraction of sp³-hybridized carbons (Fsp3) is 0.615. The largest absolute Gasteiger partial charge is 0.472 e. The average Bonchev–Trinajstić information content (AvgIpc) is 3.19. The Hall–Kier alpha value is -1.85.